The number of amides is 4. The number of nitrogens with zero attached hydrogens (tertiary/aromatic N) is 6. The molecule has 4 aromatic carbocycles. The van der Waals surface area contributed by atoms with Gasteiger partial charge in [-0.05, 0) is 140 Å². The summed E-state index contributed by atoms with van der Waals surface area (Å²) in [6.07, 6.45) is -0.231. The normalized spacial score (nSPS) is 18.0. The van der Waals surface area contributed by atoms with Crippen molar-refractivity contribution in [2.24, 2.45) is 18.4 Å². The van der Waals surface area contributed by atoms with E-state index in [1.165, 1.54) is 35.6 Å². The van der Waals surface area contributed by atoms with Gasteiger partial charge in [-0.15, -0.1) is 0 Å². The van der Waals surface area contributed by atoms with Crippen molar-refractivity contribution in [3.05, 3.63) is 125 Å². The molecule has 1 unspecified atom stereocenters. The third-order valence-electron chi connectivity index (χ3n) is 15.0. The van der Waals surface area contributed by atoms with Crippen LogP contribution in [0.25, 0.3) is 32.2 Å². The van der Waals surface area contributed by atoms with Crippen LogP contribution in [-0.2, 0) is 40.6 Å². The molecule has 7 aromatic rings. The van der Waals surface area contributed by atoms with E-state index in [1.54, 1.807) is 23.9 Å². The average molecular weight is 1030 g/mol. The number of alkyl halides is 3. The van der Waals surface area contributed by atoms with E-state index in [4.69, 9.17) is 4.74 Å². The molecule has 4 amide bonds. The number of halogens is 3. The van der Waals surface area contributed by atoms with Crippen molar-refractivity contribution < 1.29 is 47.0 Å². The predicted octanol–water partition coefficient (Wildman–Crippen LogP) is 8.81. The highest BCUT2D eigenvalue weighted by atomic mass is 32.1. The summed E-state index contributed by atoms with van der Waals surface area (Å²) in [6, 6.07) is 24.9. The minimum Gasteiger partial charge on any atom is -0.493 e. The lowest BCUT2D eigenvalue weighted by atomic mass is 9.58. The fourth-order valence-corrected chi connectivity index (χ4v) is 12.1. The molecule has 1 spiro atoms. The Morgan fingerprint density at radius 1 is 0.905 bits per heavy atom. The first-order valence-corrected chi connectivity index (χ1v) is 25.3. The summed E-state index contributed by atoms with van der Waals surface area (Å²) < 4.78 is 53.0. The topological polar surface area (TPSA) is 201 Å². The lowest BCUT2D eigenvalue weighted by molar-refractivity contribution is -0.137. The molecular weight excluding hydrogens is 976 g/mol. The van der Waals surface area contributed by atoms with Gasteiger partial charge >= 0.3 is 12.1 Å². The van der Waals surface area contributed by atoms with E-state index in [0.717, 1.165) is 77.1 Å². The van der Waals surface area contributed by atoms with Crippen molar-refractivity contribution in [2.75, 3.05) is 48.3 Å². The molecule has 380 valence electrons. The fraction of sp³-hybridized carbons (Fsp3) is 0.333. The largest absolute Gasteiger partial charge is 0.493 e. The fourth-order valence-electron chi connectivity index (χ4n) is 11.2. The summed E-state index contributed by atoms with van der Waals surface area (Å²) in [7, 11) is 1.77. The van der Waals surface area contributed by atoms with Gasteiger partial charge in [0, 0.05) is 48.8 Å². The zero-order valence-electron chi connectivity index (χ0n) is 40.1. The predicted molar refractivity (Wildman–Crippen MR) is 271 cm³/mol. The van der Waals surface area contributed by atoms with E-state index in [0.29, 0.717) is 41.5 Å². The quantitative estimate of drug-likeness (QED) is 0.0849. The highest BCUT2D eigenvalue weighted by Crippen LogP contribution is 2.53. The van der Waals surface area contributed by atoms with E-state index >= 15 is 0 Å². The number of aryl methyl sites for hydroxylation is 1. The van der Waals surface area contributed by atoms with Gasteiger partial charge in [0.2, 0.25) is 17.7 Å². The van der Waals surface area contributed by atoms with Crippen molar-refractivity contribution >= 4 is 78.7 Å². The van der Waals surface area contributed by atoms with Crippen LogP contribution in [0.4, 0.5) is 29.8 Å². The van der Waals surface area contributed by atoms with E-state index < -0.39 is 29.3 Å². The number of carboxylic acid groups (broad SMARTS) is 1. The molecule has 3 aliphatic heterocycles. The van der Waals surface area contributed by atoms with Crippen LogP contribution in [0, 0.1) is 11.3 Å². The van der Waals surface area contributed by atoms with Crippen LogP contribution >= 0.6 is 11.3 Å². The Morgan fingerprint density at radius 3 is 2.47 bits per heavy atom. The molecule has 3 aromatic heterocycles. The zero-order chi connectivity index (χ0) is 51.5. The van der Waals surface area contributed by atoms with E-state index in [-0.39, 0.29) is 83.8 Å². The van der Waals surface area contributed by atoms with Gasteiger partial charge in [-0.2, -0.15) is 18.3 Å². The standard InChI is InChI=1S/C54H50F3N9O7S/c1-64-42-23-32(9-11-37(42)47(63-64)38-14-16-45(67)61-50(38)70)58-46(68)28-65-21-18-53(19-22-65)25-30(26-53)29-73-33-10-12-34(40(24-33)54(55,56)57)35-13-15-44(60-48(35)51(71)72)66-20-17-31-5-4-6-36(39(31)27-66)49(69)62-52-59-41-7-2-3-8-43(41)74-52/h2-13,15,23-24,30,38H,14,16-22,25-29H2,1H3,(H,58,68)(H,71,72)(H,59,62,69)(H,61,67,70). The number of imide groups is 1. The maximum absolute atomic E-state index is 14.8. The minimum absolute atomic E-state index is 0.0246. The maximum atomic E-state index is 14.8. The van der Waals surface area contributed by atoms with Crippen LogP contribution in [0.2, 0.25) is 0 Å². The number of aromatic nitrogens is 4. The summed E-state index contributed by atoms with van der Waals surface area (Å²) >= 11 is 1.36. The second kappa shape index (κ2) is 19.3. The molecule has 16 nitrogen and oxygen atoms in total. The number of likely N-dealkylation sites (tertiary alicyclic amines) is 1. The molecule has 1 atom stereocenters. The number of fused-ring (bicyclic) bond motifs is 3. The van der Waals surface area contributed by atoms with Gasteiger partial charge in [0.05, 0.1) is 46.1 Å². The van der Waals surface area contributed by atoms with Crippen LogP contribution in [0.3, 0.4) is 0 Å². The Balaban J connectivity index is 0.693. The third kappa shape index (κ3) is 9.66. The number of carbonyl (C=O) groups is 5. The number of aromatic carboxylic acids is 1. The van der Waals surface area contributed by atoms with E-state index in [9.17, 15) is 42.3 Å². The number of anilines is 3. The second-order valence-electron chi connectivity index (χ2n) is 19.8. The summed E-state index contributed by atoms with van der Waals surface area (Å²) in [4.78, 5) is 76.6. The van der Waals surface area contributed by atoms with Gasteiger partial charge in [0.1, 0.15) is 11.6 Å². The van der Waals surface area contributed by atoms with Crippen LogP contribution < -0.4 is 25.6 Å². The highest BCUT2D eigenvalue weighted by Gasteiger charge is 2.46. The first-order valence-electron chi connectivity index (χ1n) is 24.5. The molecule has 4 aliphatic rings. The number of rotatable bonds is 12. The van der Waals surface area contributed by atoms with Crippen molar-refractivity contribution in [1.82, 2.24) is 30.0 Å². The number of thiazole rings is 1. The summed E-state index contributed by atoms with van der Waals surface area (Å²) in [5.41, 5.74) is 2.81. The number of pyridine rings is 1. The number of carbonyl (C=O) groups excluding carboxylic acids is 4. The number of hydrogen-bond acceptors (Lipinski definition) is 12. The monoisotopic (exact) mass is 1030 g/mol. The van der Waals surface area contributed by atoms with Gasteiger partial charge in [0.25, 0.3) is 5.91 Å². The molecule has 0 bridgehead atoms. The molecule has 20 heteroatoms. The SMILES string of the molecule is Cn1nc(C2CCC(=O)NC2=O)c2ccc(NC(=O)CN3CCC4(CC3)CC(COc3ccc(-c5ccc(N6CCc7cccc(C(=O)Nc8nc9ccccc9s8)c7C6)nc5C(=O)O)c(C(F)(F)F)c3)C4)cc21. The number of ether oxygens (including phenoxy) is 1. The van der Waals surface area contributed by atoms with Crippen molar-refractivity contribution in [1.29, 1.82) is 0 Å². The van der Waals surface area contributed by atoms with Crippen molar-refractivity contribution in [3.8, 4) is 16.9 Å². The van der Waals surface area contributed by atoms with Crippen LogP contribution in [0.15, 0.2) is 91.0 Å². The summed E-state index contributed by atoms with van der Waals surface area (Å²) in [5, 5.41) is 24.5. The molecule has 3 fully saturated rings. The zero-order valence-corrected chi connectivity index (χ0v) is 40.9. The Labute approximate surface area is 425 Å². The Kier molecular flexibility index (Phi) is 12.7. The lowest BCUT2D eigenvalue weighted by Gasteiger charge is -2.52. The van der Waals surface area contributed by atoms with Gasteiger partial charge in [0.15, 0.2) is 10.8 Å². The number of piperidine rings is 2. The van der Waals surface area contributed by atoms with E-state index in [1.807, 2.05) is 53.4 Å². The molecule has 74 heavy (non-hydrogen) atoms. The smallest absolute Gasteiger partial charge is 0.417 e. The van der Waals surface area contributed by atoms with Crippen molar-refractivity contribution in [3.63, 3.8) is 0 Å². The van der Waals surface area contributed by atoms with Gasteiger partial charge < -0.3 is 20.1 Å². The number of carboxylic acids is 1. The number of benzene rings is 4. The van der Waals surface area contributed by atoms with E-state index in [2.05, 4.69) is 35.9 Å². The maximum Gasteiger partial charge on any atom is 0.417 e. The van der Waals surface area contributed by atoms with Gasteiger partial charge in [-0.3, -0.25) is 39.4 Å². The van der Waals surface area contributed by atoms with Crippen LogP contribution in [0.1, 0.15) is 87.7 Å². The molecule has 1 saturated carbocycles. The average Bonchev–Trinajstić information content (AvgIpc) is 3.94. The first-order chi connectivity index (χ1) is 35.6. The Hall–Kier alpha value is -7.71. The van der Waals surface area contributed by atoms with Gasteiger partial charge in [-0.25, -0.2) is 14.8 Å². The lowest BCUT2D eigenvalue weighted by Crippen LogP contribution is -2.49. The van der Waals surface area contributed by atoms with Crippen molar-refractivity contribution in [2.45, 2.75) is 63.6 Å². The molecule has 6 heterocycles. The summed E-state index contributed by atoms with van der Waals surface area (Å²) in [6.45, 7) is 2.53. The summed E-state index contributed by atoms with van der Waals surface area (Å²) in [5.74, 6) is -2.76. The third-order valence-corrected chi connectivity index (χ3v) is 15.9. The first kappa shape index (κ1) is 48.6. The molecule has 0 radical (unpaired) electrons. The number of hydrogen-bond donors (Lipinski definition) is 4. The second-order valence-corrected chi connectivity index (χ2v) is 20.8. The highest BCUT2D eigenvalue weighted by molar-refractivity contribution is 7.22. The molecule has 1 aliphatic carbocycles. The molecule has 11 rings (SSSR count). The molecular formula is C54H50F3N9O7S. The van der Waals surface area contributed by atoms with Crippen LogP contribution in [0.5, 0.6) is 5.75 Å². The number of nitrogens with one attached hydrogen (secondary N) is 3. The number of para-hydroxylation sites is 1. The minimum atomic E-state index is -4.84. The molecule has 2 saturated heterocycles. The van der Waals surface area contributed by atoms with Crippen LogP contribution in [-0.4, -0.2) is 92.1 Å². The Morgan fingerprint density at radius 2 is 1.70 bits per heavy atom. The Bertz CT molecular complexity index is 3380. The molecule has 4 N–H and O–H groups in total. The van der Waals surface area contributed by atoms with Gasteiger partial charge in [-0.1, -0.05) is 41.7 Å².